The van der Waals surface area contributed by atoms with Gasteiger partial charge in [0.1, 0.15) is 7.11 Å². The van der Waals surface area contributed by atoms with E-state index in [1.54, 1.807) is 11.8 Å². The van der Waals surface area contributed by atoms with Crippen molar-refractivity contribution in [1.29, 1.82) is 0 Å². The molecule has 0 rings (SSSR count). The minimum absolute atomic E-state index is 0.282. The first-order valence-electron chi connectivity index (χ1n) is 3.97. The Hall–Kier alpha value is -0.610. The number of aliphatic hydroxyl groups excluding tert-OH is 2. The molecule has 0 aliphatic heterocycles. The highest BCUT2D eigenvalue weighted by atomic mass is 16.6. The van der Waals surface area contributed by atoms with E-state index >= 15 is 0 Å². The number of aliphatic hydroxyl groups is 2. The average Bonchev–Trinajstić information content (AvgIpc) is 2.15. The van der Waals surface area contributed by atoms with Crippen LogP contribution in [0.5, 0.6) is 0 Å². The third-order valence-corrected chi connectivity index (χ3v) is 1.29. The zero-order valence-electron chi connectivity index (χ0n) is 8.16. The van der Waals surface area contributed by atoms with Gasteiger partial charge in [0.25, 0.3) is 0 Å². The predicted molar refractivity (Wildman–Crippen MR) is 48.3 cm³/mol. The fraction of sp³-hybridized carbons (Fsp3) is 0.875. The van der Waals surface area contributed by atoms with E-state index < -0.39 is 0 Å². The zero-order valence-corrected chi connectivity index (χ0v) is 8.16. The topological polar surface area (TPSA) is 52.7 Å². The van der Waals surface area contributed by atoms with Crippen LogP contribution in [0.4, 0.5) is 0 Å². The molecule has 0 aromatic heterocycles. The summed E-state index contributed by atoms with van der Waals surface area (Å²) >= 11 is 0. The monoisotopic (exact) mass is 178 g/mol. The van der Waals surface area contributed by atoms with E-state index in [2.05, 4.69) is 0 Å². The molecule has 0 radical (unpaired) electrons. The molecule has 0 unspecified atom stereocenters. The molecule has 12 heavy (non-hydrogen) atoms. The van der Waals surface area contributed by atoms with E-state index in [1.165, 1.54) is 0 Å². The molecule has 2 N–H and O–H groups in total. The van der Waals surface area contributed by atoms with E-state index in [9.17, 15) is 0 Å². The number of rotatable bonds is 5. The number of nitrogens with zero attached hydrogens (tertiary/aromatic N) is 1. The van der Waals surface area contributed by atoms with E-state index in [1.807, 2.05) is 13.3 Å². The molecule has 0 aliphatic carbocycles. The molecule has 0 aromatic carbocycles. The van der Waals surface area contributed by atoms with Gasteiger partial charge in [0.2, 0.25) is 0 Å². The first kappa shape index (κ1) is 13.9. The van der Waals surface area contributed by atoms with Crippen LogP contribution >= 0.6 is 0 Å². The Balaban J connectivity index is 0. The van der Waals surface area contributed by atoms with Crippen LogP contribution in [0, 0.1) is 0 Å². The molecule has 0 saturated heterocycles. The third-order valence-electron chi connectivity index (χ3n) is 1.29. The van der Waals surface area contributed by atoms with E-state index in [0.29, 0.717) is 0 Å². The minimum Gasteiger partial charge on any atom is -0.400 e. The molecule has 74 valence electrons. The highest BCUT2D eigenvalue weighted by Gasteiger charge is 1.90. The van der Waals surface area contributed by atoms with Crippen molar-refractivity contribution in [2.45, 2.75) is 19.3 Å². The fourth-order valence-electron chi connectivity index (χ4n) is 0.604. The SMILES string of the molecule is CO.CO[N+](C)=CCCCCO. The molecule has 0 bridgehead atoms. The molecular weight excluding hydrogens is 158 g/mol. The molecule has 4 heteroatoms. The van der Waals surface area contributed by atoms with E-state index in [4.69, 9.17) is 15.1 Å². The quantitative estimate of drug-likeness (QED) is 0.270. The predicted octanol–water partition coefficient (Wildman–Crippen LogP) is 0.0320. The van der Waals surface area contributed by atoms with Crippen molar-refractivity contribution >= 4 is 6.21 Å². The smallest absolute Gasteiger partial charge is 0.192 e. The first-order chi connectivity index (χ1) is 5.81. The molecule has 0 aromatic rings. The van der Waals surface area contributed by atoms with Gasteiger partial charge in [-0.05, 0) is 17.6 Å². The maximum absolute atomic E-state index is 8.43. The summed E-state index contributed by atoms with van der Waals surface area (Å²) in [5.41, 5.74) is 0. The first-order valence-corrected chi connectivity index (χ1v) is 3.97. The molecule has 0 saturated carbocycles. The molecule has 0 amide bonds. The molecule has 0 atom stereocenters. The molecule has 4 nitrogen and oxygen atoms in total. The molecule has 0 heterocycles. The van der Waals surface area contributed by atoms with Crippen molar-refractivity contribution in [3.05, 3.63) is 0 Å². The van der Waals surface area contributed by atoms with Crippen molar-refractivity contribution in [3.8, 4) is 0 Å². The number of hydrogen-bond acceptors (Lipinski definition) is 3. The van der Waals surface area contributed by atoms with Gasteiger partial charge in [-0.25, -0.2) is 0 Å². The summed E-state index contributed by atoms with van der Waals surface area (Å²) in [6.07, 6.45) is 4.80. The van der Waals surface area contributed by atoms with Crippen molar-refractivity contribution < 1.29 is 19.8 Å². The van der Waals surface area contributed by atoms with Gasteiger partial charge in [-0.1, -0.05) is 0 Å². The van der Waals surface area contributed by atoms with Crippen molar-refractivity contribution in [3.63, 3.8) is 0 Å². The van der Waals surface area contributed by atoms with Gasteiger partial charge in [-0.3, -0.25) is 4.84 Å². The summed E-state index contributed by atoms with van der Waals surface area (Å²) < 4.78 is 1.66. The second kappa shape index (κ2) is 13.0. The largest absolute Gasteiger partial charge is 0.400 e. The Morgan fingerprint density at radius 3 is 2.33 bits per heavy atom. The minimum atomic E-state index is 0.282. The van der Waals surface area contributed by atoms with Gasteiger partial charge in [0.05, 0.1) is 0 Å². The van der Waals surface area contributed by atoms with Gasteiger partial charge in [-0.15, -0.1) is 0 Å². The maximum atomic E-state index is 8.43. The number of unbranched alkanes of at least 4 members (excludes halogenated alkanes) is 2. The van der Waals surface area contributed by atoms with Crippen LogP contribution in [0.2, 0.25) is 0 Å². The maximum Gasteiger partial charge on any atom is 0.192 e. The molecular formula is C8H20NO3+. The Labute approximate surface area is 74.1 Å². The van der Waals surface area contributed by atoms with Crippen LogP contribution in [0.3, 0.4) is 0 Å². The van der Waals surface area contributed by atoms with Gasteiger partial charge >= 0.3 is 0 Å². The van der Waals surface area contributed by atoms with Crippen LogP contribution in [-0.4, -0.2) is 49.0 Å². The van der Waals surface area contributed by atoms with Crippen molar-refractivity contribution in [2.75, 3.05) is 27.9 Å². The Kier molecular flexibility index (Phi) is 15.1. The standard InChI is InChI=1S/C7H16NO2.CH4O/c1-8(10-2)6-4-3-5-7-9;1-2/h6,9H,3-5,7H2,1-2H3;2H,1H3/q+1;. The van der Waals surface area contributed by atoms with Crippen LogP contribution < -0.4 is 0 Å². The summed E-state index contributed by atoms with van der Waals surface area (Å²) in [7, 11) is 4.47. The lowest BCUT2D eigenvalue weighted by molar-refractivity contribution is -0.758. The second-order valence-electron chi connectivity index (χ2n) is 2.13. The van der Waals surface area contributed by atoms with E-state index in [0.717, 1.165) is 26.4 Å². The van der Waals surface area contributed by atoms with Gasteiger partial charge in [-0.2, -0.15) is 0 Å². The Bertz CT molecular complexity index is 104. The summed E-state index contributed by atoms with van der Waals surface area (Å²) in [6.45, 7) is 0.282. The zero-order chi connectivity index (χ0) is 9.82. The van der Waals surface area contributed by atoms with Gasteiger partial charge in [0.15, 0.2) is 13.3 Å². The lowest BCUT2D eigenvalue weighted by atomic mass is 10.2. The molecule has 0 aliphatic rings. The number of hydroxylamine groups is 1. The summed E-state index contributed by atoms with van der Waals surface area (Å²) in [4.78, 5) is 4.85. The van der Waals surface area contributed by atoms with Gasteiger partial charge < -0.3 is 10.2 Å². The second-order valence-corrected chi connectivity index (χ2v) is 2.13. The normalized spacial score (nSPS) is 10.2. The fourth-order valence-corrected chi connectivity index (χ4v) is 0.604. The lowest BCUT2D eigenvalue weighted by Gasteiger charge is -1.91. The Morgan fingerprint density at radius 1 is 1.33 bits per heavy atom. The van der Waals surface area contributed by atoms with E-state index in [-0.39, 0.29) is 6.61 Å². The van der Waals surface area contributed by atoms with Crippen LogP contribution in [0.25, 0.3) is 0 Å². The summed E-state index contributed by atoms with van der Waals surface area (Å²) in [5.74, 6) is 0. The molecule has 0 spiro atoms. The van der Waals surface area contributed by atoms with Crippen LogP contribution in [-0.2, 0) is 4.84 Å². The summed E-state index contributed by atoms with van der Waals surface area (Å²) in [5, 5.41) is 15.4. The van der Waals surface area contributed by atoms with Crippen LogP contribution in [0.15, 0.2) is 0 Å². The van der Waals surface area contributed by atoms with Gasteiger partial charge in [0, 0.05) is 20.1 Å². The summed E-state index contributed by atoms with van der Waals surface area (Å²) in [6, 6.07) is 0. The lowest BCUT2D eigenvalue weighted by Crippen LogP contribution is -2.04. The number of hydrogen-bond donors (Lipinski definition) is 2. The highest BCUT2D eigenvalue weighted by molar-refractivity contribution is 5.50. The van der Waals surface area contributed by atoms with Crippen LogP contribution in [0.1, 0.15) is 19.3 Å². The third kappa shape index (κ3) is 12.1. The van der Waals surface area contributed by atoms with Crippen molar-refractivity contribution in [1.82, 2.24) is 0 Å². The van der Waals surface area contributed by atoms with Crippen molar-refractivity contribution in [2.24, 2.45) is 0 Å². The molecule has 0 fully saturated rings. The highest BCUT2D eigenvalue weighted by Crippen LogP contribution is 1.89. The Morgan fingerprint density at radius 2 is 1.92 bits per heavy atom. The average molecular weight is 178 g/mol.